The molecule has 8 heteroatoms. The molecule has 2 aromatic rings. The Hall–Kier alpha value is -3.23. The Balaban J connectivity index is 1.40. The number of piperazine rings is 1. The molecular formula is C29H38N4O4. The monoisotopic (exact) mass is 506 g/mol. The Morgan fingerprint density at radius 1 is 0.946 bits per heavy atom. The molecule has 37 heavy (non-hydrogen) atoms. The zero-order chi connectivity index (χ0) is 26.2. The number of hydrogen-bond donors (Lipinski definition) is 2. The zero-order valence-electron chi connectivity index (χ0n) is 21.7. The maximum Gasteiger partial charge on any atom is 0.326 e. The van der Waals surface area contributed by atoms with Gasteiger partial charge >= 0.3 is 5.97 Å². The quantitative estimate of drug-likeness (QED) is 0.514. The molecule has 2 saturated heterocycles. The summed E-state index contributed by atoms with van der Waals surface area (Å²) in [5.74, 6) is -1.20. The highest BCUT2D eigenvalue weighted by Gasteiger charge is 2.34. The van der Waals surface area contributed by atoms with E-state index >= 15 is 0 Å². The smallest absolute Gasteiger partial charge is 0.326 e. The largest absolute Gasteiger partial charge is 0.480 e. The highest BCUT2D eigenvalue weighted by Crippen LogP contribution is 2.21. The third kappa shape index (κ3) is 6.96. The fourth-order valence-corrected chi connectivity index (χ4v) is 5.07. The predicted molar refractivity (Wildman–Crippen MR) is 142 cm³/mol. The van der Waals surface area contributed by atoms with Crippen molar-refractivity contribution in [3.05, 3.63) is 70.8 Å². The van der Waals surface area contributed by atoms with Crippen molar-refractivity contribution < 1.29 is 19.5 Å². The highest BCUT2D eigenvalue weighted by molar-refractivity contribution is 5.97. The van der Waals surface area contributed by atoms with Crippen molar-refractivity contribution in [3.8, 4) is 0 Å². The lowest BCUT2D eigenvalue weighted by Crippen LogP contribution is -2.42. The molecule has 0 aromatic heterocycles. The van der Waals surface area contributed by atoms with Gasteiger partial charge in [0.15, 0.2) is 0 Å². The van der Waals surface area contributed by atoms with Crippen LogP contribution in [-0.2, 0) is 17.9 Å². The first-order chi connectivity index (χ1) is 18.0. The van der Waals surface area contributed by atoms with Gasteiger partial charge in [-0.05, 0) is 54.7 Å². The van der Waals surface area contributed by atoms with E-state index in [-0.39, 0.29) is 11.8 Å². The second-order valence-corrected chi connectivity index (χ2v) is 10.00. The first kappa shape index (κ1) is 26.8. The number of carbonyl (C=O) groups excluding carboxylic acids is 2. The van der Waals surface area contributed by atoms with Crippen molar-refractivity contribution in [2.24, 2.45) is 0 Å². The van der Waals surface area contributed by atoms with Crippen molar-refractivity contribution in [1.29, 1.82) is 0 Å². The molecule has 0 saturated carbocycles. The van der Waals surface area contributed by atoms with Gasteiger partial charge in [0.05, 0.1) is 0 Å². The molecule has 8 nitrogen and oxygen atoms in total. The van der Waals surface area contributed by atoms with Gasteiger partial charge in [0.25, 0.3) is 11.8 Å². The van der Waals surface area contributed by atoms with Crippen molar-refractivity contribution >= 4 is 17.8 Å². The van der Waals surface area contributed by atoms with Gasteiger partial charge < -0.3 is 20.2 Å². The van der Waals surface area contributed by atoms with Gasteiger partial charge in [-0.1, -0.05) is 37.6 Å². The van der Waals surface area contributed by atoms with Crippen molar-refractivity contribution in [2.45, 2.75) is 51.7 Å². The second-order valence-electron chi connectivity index (χ2n) is 10.00. The van der Waals surface area contributed by atoms with Crippen LogP contribution < -0.4 is 5.32 Å². The van der Waals surface area contributed by atoms with Gasteiger partial charge in [0.2, 0.25) is 0 Å². The number of nitrogens with one attached hydrogen (secondary N) is 1. The number of aliphatic carboxylic acids is 1. The van der Waals surface area contributed by atoms with Crippen molar-refractivity contribution in [2.75, 3.05) is 39.3 Å². The van der Waals surface area contributed by atoms with Crippen LogP contribution in [0.5, 0.6) is 0 Å². The molecule has 1 atom stereocenters. The molecule has 2 N–H and O–H groups in total. The summed E-state index contributed by atoms with van der Waals surface area (Å²) in [5, 5.41) is 12.8. The van der Waals surface area contributed by atoms with E-state index in [1.807, 2.05) is 29.2 Å². The lowest BCUT2D eigenvalue weighted by molar-refractivity contribution is -0.141. The topological polar surface area (TPSA) is 93.2 Å². The number of carboxylic acid groups (broad SMARTS) is 1. The molecule has 0 radical (unpaired) electrons. The Morgan fingerprint density at radius 3 is 2.24 bits per heavy atom. The predicted octanol–water partition coefficient (Wildman–Crippen LogP) is 3.22. The molecule has 0 aliphatic carbocycles. The van der Waals surface area contributed by atoms with Crippen LogP contribution in [0.4, 0.5) is 0 Å². The van der Waals surface area contributed by atoms with Crippen molar-refractivity contribution in [3.63, 3.8) is 0 Å². The molecule has 2 aliphatic rings. The van der Waals surface area contributed by atoms with Gasteiger partial charge in [-0.2, -0.15) is 0 Å². The highest BCUT2D eigenvalue weighted by atomic mass is 16.4. The van der Waals surface area contributed by atoms with Crippen LogP contribution in [0.1, 0.15) is 64.4 Å². The summed E-state index contributed by atoms with van der Waals surface area (Å²) in [6.07, 6.45) is 3.09. The average molecular weight is 507 g/mol. The van der Waals surface area contributed by atoms with Crippen LogP contribution in [0.2, 0.25) is 0 Å². The summed E-state index contributed by atoms with van der Waals surface area (Å²) in [6.45, 7) is 8.68. The number of hydrogen-bond acceptors (Lipinski definition) is 5. The van der Waals surface area contributed by atoms with E-state index in [2.05, 4.69) is 29.3 Å². The summed E-state index contributed by atoms with van der Waals surface area (Å²) in [4.78, 5) is 43.5. The maximum atomic E-state index is 13.4. The number of benzene rings is 2. The normalized spacial score (nSPS) is 18.1. The lowest BCUT2D eigenvalue weighted by atomic mass is 10.1. The number of likely N-dealkylation sites (tertiary alicyclic amines) is 1. The van der Waals surface area contributed by atoms with E-state index in [9.17, 15) is 19.5 Å². The van der Waals surface area contributed by atoms with Gasteiger partial charge in [0.1, 0.15) is 6.04 Å². The Kier molecular flexibility index (Phi) is 9.30. The number of carboxylic acids is 1. The van der Waals surface area contributed by atoms with Crippen LogP contribution in [0, 0.1) is 0 Å². The second kappa shape index (κ2) is 12.8. The van der Waals surface area contributed by atoms with Crippen LogP contribution in [0.3, 0.4) is 0 Å². The Labute approximate surface area is 219 Å². The molecule has 0 spiro atoms. The molecule has 2 fully saturated rings. The summed E-state index contributed by atoms with van der Waals surface area (Å²) in [6, 6.07) is 14.4. The molecule has 198 valence electrons. The fourth-order valence-electron chi connectivity index (χ4n) is 5.07. The minimum atomic E-state index is -0.954. The molecule has 2 aliphatic heterocycles. The number of amides is 2. The van der Waals surface area contributed by atoms with Gasteiger partial charge in [-0.15, -0.1) is 0 Å². The van der Waals surface area contributed by atoms with Crippen LogP contribution in [-0.4, -0.2) is 82.9 Å². The standard InChI is InChI=1S/C29H38N4O4/c1-2-3-16-32(27(34)24-10-6-22(7-11-24)20-31-18-14-30-15-19-31)21-23-8-12-25(13-9-23)28(35)33-17-4-5-26(33)29(36)37/h6-13,26,30H,2-5,14-21H2,1H3,(H,36,37)/t26-/m1/s1. The van der Waals surface area contributed by atoms with E-state index in [0.29, 0.717) is 43.6 Å². The third-order valence-corrected chi connectivity index (χ3v) is 7.26. The summed E-state index contributed by atoms with van der Waals surface area (Å²) < 4.78 is 0. The first-order valence-corrected chi connectivity index (χ1v) is 13.4. The lowest BCUT2D eigenvalue weighted by Gasteiger charge is -2.27. The Morgan fingerprint density at radius 2 is 1.59 bits per heavy atom. The number of rotatable bonds is 10. The van der Waals surface area contributed by atoms with E-state index in [0.717, 1.165) is 51.1 Å². The zero-order valence-corrected chi connectivity index (χ0v) is 21.7. The maximum absolute atomic E-state index is 13.4. The van der Waals surface area contributed by atoms with Gasteiger partial charge in [-0.25, -0.2) is 4.79 Å². The fraction of sp³-hybridized carbons (Fsp3) is 0.483. The molecule has 4 rings (SSSR count). The summed E-state index contributed by atoms with van der Waals surface area (Å²) >= 11 is 0. The number of carbonyl (C=O) groups is 3. The number of nitrogens with zero attached hydrogens (tertiary/aromatic N) is 3. The van der Waals surface area contributed by atoms with Crippen LogP contribution in [0.25, 0.3) is 0 Å². The third-order valence-electron chi connectivity index (χ3n) is 7.26. The van der Waals surface area contributed by atoms with Gasteiger partial charge in [-0.3, -0.25) is 14.5 Å². The SMILES string of the molecule is CCCCN(Cc1ccc(C(=O)N2CCC[C@@H]2C(=O)O)cc1)C(=O)c1ccc(CN2CCNCC2)cc1. The van der Waals surface area contributed by atoms with Crippen molar-refractivity contribution in [1.82, 2.24) is 20.0 Å². The summed E-state index contributed by atoms with van der Waals surface area (Å²) in [5.41, 5.74) is 3.30. The van der Waals surface area contributed by atoms with Crippen LogP contribution >= 0.6 is 0 Å². The van der Waals surface area contributed by atoms with E-state index in [1.54, 1.807) is 12.1 Å². The van der Waals surface area contributed by atoms with E-state index in [1.165, 1.54) is 10.5 Å². The average Bonchev–Trinajstić information content (AvgIpc) is 3.42. The molecule has 2 heterocycles. The Bertz CT molecular complexity index is 1060. The molecular weight excluding hydrogens is 468 g/mol. The van der Waals surface area contributed by atoms with E-state index in [4.69, 9.17) is 0 Å². The minimum absolute atomic E-state index is 0.00342. The molecule has 2 amide bonds. The molecule has 0 unspecified atom stereocenters. The van der Waals surface area contributed by atoms with E-state index < -0.39 is 12.0 Å². The number of unbranched alkanes of at least 4 members (excludes halogenated alkanes) is 1. The molecule has 2 aromatic carbocycles. The summed E-state index contributed by atoms with van der Waals surface area (Å²) in [7, 11) is 0. The molecule has 0 bridgehead atoms. The minimum Gasteiger partial charge on any atom is -0.480 e. The first-order valence-electron chi connectivity index (χ1n) is 13.4. The van der Waals surface area contributed by atoms with Crippen LogP contribution in [0.15, 0.2) is 48.5 Å². The van der Waals surface area contributed by atoms with Gasteiger partial charge in [0, 0.05) is 63.5 Å².